The van der Waals surface area contributed by atoms with Gasteiger partial charge in [-0.1, -0.05) is 12.1 Å². The Balaban J connectivity index is 1.90. The molecule has 3 heterocycles. The molecule has 0 aliphatic carbocycles. The third-order valence-electron chi connectivity index (χ3n) is 6.97. The van der Waals surface area contributed by atoms with Gasteiger partial charge in [-0.05, 0) is 51.2 Å². The molecule has 0 spiro atoms. The van der Waals surface area contributed by atoms with E-state index < -0.39 is 24.1 Å². The summed E-state index contributed by atoms with van der Waals surface area (Å²) in [4.78, 5) is 30.7. The van der Waals surface area contributed by atoms with Crippen LogP contribution in [0.25, 0.3) is 16.5 Å². The molecule has 1 N–H and O–H groups in total. The molecule has 2 aliphatic heterocycles. The molecule has 2 amide bonds. The molecule has 1 fully saturated rings. The number of halogens is 1. The molecule has 0 radical (unpaired) electrons. The maximum absolute atomic E-state index is 15.8. The van der Waals surface area contributed by atoms with E-state index in [0.717, 1.165) is 5.57 Å². The minimum atomic E-state index is -0.733. The van der Waals surface area contributed by atoms with Crippen molar-refractivity contribution in [2.45, 2.75) is 52.2 Å². The first-order chi connectivity index (χ1) is 15.3. The lowest BCUT2D eigenvalue weighted by Gasteiger charge is -2.32. The van der Waals surface area contributed by atoms with Crippen molar-refractivity contribution in [3.8, 4) is 0 Å². The van der Waals surface area contributed by atoms with Crippen LogP contribution in [0.15, 0.2) is 18.2 Å². The van der Waals surface area contributed by atoms with Gasteiger partial charge in [0.25, 0.3) is 5.91 Å². The summed E-state index contributed by atoms with van der Waals surface area (Å²) in [6.07, 6.45) is 2.61. The molecule has 0 unspecified atom stereocenters. The molecule has 33 heavy (non-hydrogen) atoms. The first-order valence-electron chi connectivity index (χ1n) is 11.2. The highest BCUT2D eigenvalue weighted by Gasteiger charge is 2.52. The Morgan fingerprint density at radius 2 is 1.79 bits per heavy atom. The molecule has 2 aliphatic rings. The minimum absolute atomic E-state index is 0.0491. The summed E-state index contributed by atoms with van der Waals surface area (Å²) in [5.74, 6) is -0.765. The van der Waals surface area contributed by atoms with E-state index in [-0.39, 0.29) is 23.0 Å². The van der Waals surface area contributed by atoms with Crippen LogP contribution in [0.1, 0.15) is 57.1 Å². The average Bonchev–Trinajstić information content (AvgIpc) is 3.26. The van der Waals surface area contributed by atoms with E-state index in [9.17, 15) is 9.59 Å². The Morgan fingerprint density at radius 3 is 2.36 bits per heavy atom. The van der Waals surface area contributed by atoms with Gasteiger partial charge in [0.15, 0.2) is 5.82 Å². The van der Waals surface area contributed by atoms with E-state index in [4.69, 9.17) is 9.31 Å². The molecule has 7 nitrogen and oxygen atoms in total. The number of rotatable bonds is 3. The third-order valence-corrected chi connectivity index (χ3v) is 6.97. The number of carbonyl (C=O) groups excluding carboxylic acids is 2. The zero-order valence-corrected chi connectivity index (χ0v) is 20.3. The van der Waals surface area contributed by atoms with Gasteiger partial charge >= 0.3 is 7.12 Å². The van der Waals surface area contributed by atoms with Gasteiger partial charge in [0, 0.05) is 45.1 Å². The highest BCUT2D eigenvalue weighted by atomic mass is 19.1. The molecule has 2 aromatic rings. The van der Waals surface area contributed by atoms with E-state index >= 15 is 4.39 Å². The summed E-state index contributed by atoms with van der Waals surface area (Å²) in [5, 5.41) is 0.541. The van der Waals surface area contributed by atoms with Crippen LogP contribution in [0.3, 0.4) is 0 Å². The van der Waals surface area contributed by atoms with Gasteiger partial charge in [-0.15, -0.1) is 0 Å². The molecule has 0 saturated carbocycles. The first-order valence-corrected chi connectivity index (χ1v) is 11.2. The van der Waals surface area contributed by atoms with Crippen molar-refractivity contribution < 1.29 is 23.3 Å². The number of amides is 2. The quantitative estimate of drug-likeness (QED) is 0.723. The number of hydrogen-bond acceptors (Lipinski definition) is 4. The van der Waals surface area contributed by atoms with E-state index in [0.29, 0.717) is 35.9 Å². The zero-order chi connectivity index (χ0) is 24.3. The van der Waals surface area contributed by atoms with Crippen LogP contribution in [0.4, 0.5) is 4.39 Å². The fourth-order valence-corrected chi connectivity index (χ4v) is 4.25. The van der Waals surface area contributed by atoms with Crippen molar-refractivity contribution in [1.82, 2.24) is 14.8 Å². The molecule has 1 aromatic carbocycles. The SMILES string of the molecule is CC(=O)N1CCC=C(c2cc(B3OC(C)(C)C(C)(C)O3)c3cc(C(=O)N(C)C)[nH]c3c2F)C1. The second-order valence-electron chi connectivity index (χ2n) is 10.0. The lowest BCUT2D eigenvalue weighted by molar-refractivity contribution is -0.128. The van der Waals surface area contributed by atoms with Gasteiger partial charge in [0.05, 0.1) is 16.7 Å². The summed E-state index contributed by atoms with van der Waals surface area (Å²) in [5.41, 5.74) is 1.11. The number of aromatic amines is 1. The van der Waals surface area contributed by atoms with Gasteiger partial charge in [-0.3, -0.25) is 9.59 Å². The Hall–Kier alpha value is -2.65. The summed E-state index contributed by atoms with van der Waals surface area (Å²) in [6.45, 7) is 10.3. The standard InChI is InChI=1S/C24H31BFN3O4/c1-14(30)29-10-8-9-15(13-29)16-11-18(25-32-23(2,3)24(4,5)33-25)17-12-19(22(31)28(6)7)27-21(17)20(16)26/h9,11-12,27H,8,10,13H2,1-7H3. The summed E-state index contributed by atoms with van der Waals surface area (Å²) in [7, 11) is 2.56. The summed E-state index contributed by atoms with van der Waals surface area (Å²) < 4.78 is 28.4. The molecular weight excluding hydrogens is 424 g/mol. The first kappa shape index (κ1) is 23.5. The lowest BCUT2D eigenvalue weighted by atomic mass is 9.75. The van der Waals surface area contributed by atoms with Crippen LogP contribution in [0.2, 0.25) is 0 Å². The van der Waals surface area contributed by atoms with E-state index in [2.05, 4.69) is 4.98 Å². The van der Waals surface area contributed by atoms with Crippen LogP contribution in [-0.2, 0) is 14.1 Å². The number of benzene rings is 1. The Morgan fingerprint density at radius 1 is 1.15 bits per heavy atom. The number of carbonyl (C=O) groups is 2. The zero-order valence-electron chi connectivity index (χ0n) is 20.3. The average molecular weight is 455 g/mol. The maximum Gasteiger partial charge on any atom is 0.495 e. The van der Waals surface area contributed by atoms with Crippen molar-refractivity contribution in [3.63, 3.8) is 0 Å². The maximum atomic E-state index is 15.8. The number of H-pyrrole nitrogens is 1. The number of aromatic nitrogens is 1. The van der Waals surface area contributed by atoms with Crippen molar-refractivity contribution in [3.05, 3.63) is 35.3 Å². The fraction of sp³-hybridized carbons (Fsp3) is 0.500. The van der Waals surface area contributed by atoms with Crippen molar-refractivity contribution >= 4 is 40.9 Å². The molecule has 1 saturated heterocycles. The largest absolute Gasteiger partial charge is 0.495 e. The van der Waals surface area contributed by atoms with E-state index in [1.165, 1.54) is 11.8 Å². The van der Waals surface area contributed by atoms with Crippen LogP contribution < -0.4 is 5.46 Å². The molecule has 4 rings (SSSR count). The Kier molecular flexibility index (Phi) is 5.69. The predicted molar refractivity (Wildman–Crippen MR) is 127 cm³/mol. The van der Waals surface area contributed by atoms with Gasteiger partial charge in [0.2, 0.25) is 5.91 Å². The number of hydrogen-bond donors (Lipinski definition) is 1. The highest BCUT2D eigenvalue weighted by Crippen LogP contribution is 2.38. The number of fused-ring (bicyclic) bond motifs is 1. The van der Waals surface area contributed by atoms with E-state index in [1.807, 2.05) is 33.8 Å². The Labute approximate surface area is 194 Å². The van der Waals surface area contributed by atoms with Crippen LogP contribution >= 0.6 is 0 Å². The van der Waals surface area contributed by atoms with E-state index in [1.54, 1.807) is 31.1 Å². The van der Waals surface area contributed by atoms with Crippen molar-refractivity contribution in [2.75, 3.05) is 27.2 Å². The normalized spacial score (nSPS) is 19.7. The molecule has 0 atom stereocenters. The fourth-order valence-electron chi connectivity index (χ4n) is 4.25. The lowest BCUT2D eigenvalue weighted by Crippen LogP contribution is -2.41. The topological polar surface area (TPSA) is 74.9 Å². The molecule has 9 heteroatoms. The Bertz CT molecular complexity index is 1150. The van der Waals surface area contributed by atoms with Gasteiger partial charge in [-0.25, -0.2) is 4.39 Å². The minimum Gasteiger partial charge on any atom is -0.399 e. The van der Waals surface area contributed by atoms with Gasteiger partial charge < -0.3 is 24.1 Å². The third kappa shape index (κ3) is 3.97. The number of nitrogens with zero attached hydrogens (tertiary/aromatic N) is 2. The second kappa shape index (κ2) is 7.99. The van der Waals surface area contributed by atoms with Crippen molar-refractivity contribution in [1.29, 1.82) is 0 Å². The highest BCUT2D eigenvalue weighted by molar-refractivity contribution is 6.65. The van der Waals surface area contributed by atoms with Crippen LogP contribution in [-0.4, -0.2) is 72.1 Å². The monoisotopic (exact) mass is 455 g/mol. The van der Waals surface area contributed by atoms with Crippen molar-refractivity contribution in [2.24, 2.45) is 0 Å². The molecular formula is C24H31BFN3O4. The molecule has 0 bridgehead atoms. The molecule has 176 valence electrons. The smallest absolute Gasteiger partial charge is 0.399 e. The molecule has 1 aromatic heterocycles. The second-order valence-corrected chi connectivity index (χ2v) is 10.0. The predicted octanol–water partition coefficient (Wildman–Crippen LogP) is 2.94. The van der Waals surface area contributed by atoms with Gasteiger partial charge in [-0.2, -0.15) is 0 Å². The van der Waals surface area contributed by atoms with Gasteiger partial charge in [0.1, 0.15) is 5.69 Å². The van der Waals surface area contributed by atoms with Crippen LogP contribution in [0.5, 0.6) is 0 Å². The summed E-state index contributed by atoms with van der Waals surface area (Å²) in [6, 6.07) is 3.40. The summed E-state index contributed by atoms with van der Waals surface area (Å²) >= 11 is 0. The van der Waals surface area contributed by atoms with Crippen LogP contribution in [0, 0.1) is 5.82 Å². The number of nitrogens with one attached hydrogen (secondary N) is 1.